The number of likely N-dealkylation sites (N-methyl/N-ethyl adjacent to an activating group) is 2. The highest BCUT2D eigenvalue weighted by atomic mass is 79.9. The third-order valence-electron chi connectivity index (χ3n) is 2.32. The molecule has 15 heavy (non-hydrogen) atoms. The first-order valence-electron chi connectivity index (χ1n) is 4.70. The van der Waals surface area contributed by atoms with Crippen LogP contribution in [0.5, 0.6) is 0 Å². The number of nitrogens with one attached hydrogen (secondary N) is 1. The second-order valence-corrected chi connectivity index (χ2v) is 5.96. The molecule has 5 heteroatoms. The molecule has 0 aliphatic carbocycles. The topological polar surface area (TPSA) is 32.3 Å². The Hall–Kier alpha value is -0.390. The molecule has 0 radical (unpaired) electrons. The normalized spacial score (nSPS) is 12.9. The Bertz CT molecular complexity index is 340. The van der Waals surface area contributed by atoms with E-state index in [9.17, 15) is 4.79 Å². The molecule has 0 aromatic carbocycles. The Kier molecular flexibility index (Phi) is 4.76. The van der Waals surface area contributed by atoms with Crippen LogP contribution in [0.1, 0.15) is 11.8 Å². The first-order valence-corrected chi connectivity index (χ1v) is 6.31. The van der Waals surface area contributed by atoms with Crippen molar-refractivity contribution in [2.24, 2.45) is 0 Å². The fraction of sp³-hybridized carbons (Fsp3) is 0.500. The van der Waals surface area contributed by atoms with Gasteiger partial charge in [0.2, 0.25) is 5.91 Å². The van der Waals surface area contributed by atoms with Crippen LogP contribution in [-0.2, 0) is 11.3 Å². The van der Waals surface area contributed by atoms with Crippen molar-refractivity contribution >= 4 is 33.2 Å². The van der Waals surface area contributed by atoms with Gasteiger partial charge in [-0.2, -0.15) is 0 Å². The van der Waals surface area contributed by atoms with Gasteiger partial charge in [-0.1, -0.05) is 0 Å². The molecule has 1 aromatic rings. The predicted molar refractivity (Wildman–Crippen MR) is 67.0 cm³/mol. The summed E-state index contributed by atoms with van der Waals surface area (Å²) in [4.78, 5) is 14.7. The molecule has 1 aromatic heterocycles. The Labute approximate surface area is 103 Å². The molecule has 0 aliphatic heterocycles. The van der Waals surface area contributed by atoms with E-state index in [4.69, 9.17) is 0 Å². The predicted octanol–water partition coefficient (Wildman–Crippen LogP) is 2.08. The quantitative estimate of drug-likeness (QED) is 0.921. The highest BCUT2D eigenvalue weighted by molar-refractivity contribution is 9.11. The monoisotopic (exact) mass is 290 g/mol. The molecule has 0 saturated carbocycles. The average molecular weight is 291 g/mol. The Morgan fingerprint density at radius 3 is 2.80 bits per heavy atom. The number of hydrogen-bond acceptors (Lipinski definition) is 3. The summed E-state index contributed by atoms with van der Waals surface area (Å²) in [5, 5.41) is 2.65. The fourth-order valence-corrected chi connectivity index (χ4v) is 2.78. The lowest BCUT2D eigenvalue weighted by Gasteiger charge is -2.22. The summed E-state index contributed by atoms with van der Waals surface area (Å²) in [6, 6.07) is 4.00. The number of halogens is 1. The van der Waals surface area contributed by atoms with Gasteiger partial charge >= 0.3 is 0 Å². The molecule has 1 heterocycles. The van der Waals surface area contributed by atoms with Crippen LogP contribution in [0, 0.1) is 0 Å². The fourth-order valence-electron chi connectivity index (χ4n) is 1.23. The zero-order chi connectivity index (χ0) is 11.4. The number of rotatable bonds is 4. The first-order chi connectivity index (χ1) is 7.04. The standard InChI is InChI=1S/C10H15BrN2OS/c1-7(10(14)12-2)13(3)6-8-4-5-9(11)15-8/h4-5,7H,6H2,1-3H3,(H,12,14)/t7-/m0/s1. The van der Waals surface area contributed by atoms with Crippen molar-refractivity contribution in [3.05, 3.63) is 20.8 Å². The SMILES string of the molecule is CNC(=O)[C@H](C)N(C)Cc1ccc(Br)s1. The lowest BCUT2D eigenvalue weighted by atomic mass is 10.2. The van der Waals surface area contributed by atoms with Crippen LogP contribution < -0.4 is 5.32 Å². The van der Waals surface area contributed by atoms with Crippen LogP contribution in [0.25, 0.3) is 0 Å². The van der Waals surface area contributed by atoms with E-state index in [0.717, 1.165) is 10.3 Å². The van der Waals surface area contributed by atoms with Crippen LogP contribution in [0.2, 0.25) is 0 Å². The lowest BCUT2D eigenvalue weighted by molar-refractivity contribution is -0.125. The maximum Gasteiger partial charge on any atom is 0.236 e. The molecule has 0 aliphatic rings. The molecular formula is C10H15BrN2OS. The molecule has 1 N–H and O–H groups in total. The van der Waals surface area contributed by atoms with E-state index < -0.39 is 0 Å². The molecule has 84 valence electrons. The van der Waals surface area contributed by atoms with E-state index >= 15 is 0 Å². The van der Waals surface area contributed by atoms with Crippen molar-refractivity contribution in [1.29, 1.82) is 0 Å². The molecule has 1 amide bonds. The molecule has 0 saturated heterocycles. The zero-order valence-electron chi connectivity index (χ0n) is 9.08. The number of amides is 1. The zero-order valence-corrected chi connectivity index (χ0v) is 11.5. The van der Waals surface area contributed by atoms with Crippen molar-refractivity contribution in [2.75, 3.05) is 14.1 Å². The van der Waals surface area contributed by atoms with Crippen LogP contribution in [0.3, 0.4) is 0 Å². The number of thiophene rings is 1. The third-order valence-corrected chi connectivity index (χ3v) is 3.93. The minimum atomic E-state index is -0.101. The van der Waals surface area contributed by atoms with Crippen molar-refractivity contribution < 1.29 is 4.79 Å². The summed E-state index contributed by atoms with van der Waals surface area (Å²) in [5.74, 6) is 0.0492. The minimum absolute atomic E-state index is 0.0492. The van der Waals surface area contributed by atoms with Gasteiger partial charge in [-0.05, 0) is 42.0 Å². The van der Waals surface area contributed by atoms with Gasteiger partial charge in [0.25, 0.3) is 0 Å². The summed E-state index contributed by atoms with van der Waals surface area (Å²) in [5.41, 5.74) is 0. The lowest BCUT2D eigenvalue weighted by Crippen LogP contribution is -2.41. The van der Waals surface area contributed by atoms with Gasteiger partial charge in [0, 0.05) is 18.5 Å². The molecule has 0 spiro atoms. The average Bonchev–Trinajstić information content (AvgIpc) is 2.61. The summed E-state index contributed by atoms with van der Waals surface area (Å²) in [6.07, 6.45) is 0. The molecule has 1 atom stereocenters. The van der Waals surface area contributed by atoms with Gasteiger partial charge < -0.3 is 5.32 Å². The van der Waals surface area contributed by atoms with Gasteiger partial charge in [-0.25, -0.2) is 0 Å². The maximum absolute atomic E-state index is 11.4. The van der Waals surface area contributed by atoms with Gasteiger partial charge in [0.1, 0.15) is 0 Å². The van der Waals surface area contributed by atoms with Crippen molar-refractivity contribution in [2.45, 2.75) is 19.5 Å². The van der Waals surface area contributed by atoms with Crippen molar-refractivity contribution in [3.63, 3.8) is 0 Å². The van der Waals surface area contributed by atoms with Gasteiger partial charge in [0.05, 0.1) is 9.83 Å². The molecule has 1 rings (SSSR count). The van der Waals surface area contributed by atoms with E-state index in [2.05, 4.69) is 27.3 Å². The number of nitrogens with zero attached hydrogens (tertiary/aromatic N) is 1. The summed E-state index contributed by atoms with van der Waals surface area (Å²) in [7, 11) is 3.61. The molecule has 0 fully saturated rings. The number of carbonyl (C=O) groups excluding carboxylic acids is 1. The second kappa shape index (κ2) is 5.63. The largest absolute Gasteiger partial charge is 0.358 e. The van der Waals surface area contributed by atoms with E-state index in [0.29, 0.717) is 0 Å². The Morgan fingerprint density at radius 2 is 2.33 bits per heavy atom. The van der Waals surface area contributed by atoms with E-state index in [1.807, 2.05) is 24.9 Å². The van der Waals surface area contributed by atoms with Crippen LogP contribution in [0.4, 0.5) is 0 Å². The Morgan fingerprint density at radius 1 is 1.67 bits per heavy atom. The number of carbonyl (C=O) groups is 1. The van der Waals surface area contributed by atoms with Crippen LogP contribution in [-0.4, -0.2) is 30.9 Å². The van der Waals surface area contributed by atoms with E-state index in [1.54, 1.807) is 18.4 Å². The molecular weight excluding hydrogens is 276 g/mol. The minimum Gasteiger partial charge on any atom is -0.358 e. The van der Waals surface area contributed by atoms with Gasteiger partial charge in [-0.15, -0.1) is 11.3 Å². The molecule has 3 nitrogen and oxygen atoms in total. The Balaban J connectivity index is 2.55. The molecule has 0 bridgehead atoms. The van der Waals surface area contributed by atoms with Gasteiger partial charge in [-0.3, -0.25) is 9.69 Å². The highest BCUT2D eigenvalue weighted by Gasteiger charge is 2.16. The smallest absolute Gasteiger partial charge is 0.236 e. The second-order valence-electron chi connectivity index (χ2n) is 3.41. The first kappa shape index (κ1) is 12.7. The van der Waals surface area contributed by atoms with Gasteiger partial charge in [0.15, 0.2) is 0 Å². The molecule has 0 unspecified atom stereocenters. The van der Waals surface area contributed by atoms with Crippen LogP contribution >= 0.6 is 27.3 Å². The highest BCUT2D eigenvalue weighted by Crippen LogP contribution is 2.23. The van der Waals surface area contributed by atoms with E-state index in [-0.39, 0.29) is 11.9 Å². The number of hydrogen-bond donors (Lipinski definition) is 1. The summed E-state index contributed by atoms with van der Waals surface area (Å²) >= 11 is 5.12. The third kappa shape index (κ3) is 3.59. The summed E-state index contributed by atoms with van der Waals surface area (Å²) < 4.78 is 1.12. The summed E-state index contributed by atoms with van der Waals surface area (Å²) in [6.45, 7) is 2.70. The maximum atomic E-state index is 11.4. The van der Waals surface area contributed by atoms with Crippen molar-refractivity contribution in [1.82, 2.24) is 10.2 Å². The van der Waals surface area contributed by atoms with Crippen LogP contribution in [0.15, 0.2) is 15.9 Å². The van der Waals surface area contributed by atoms with E-state index in [1.165, 1.54) is 4.88 Å². The van der Waals surface area contributed by atoms with Crippen molar-refractivity contribution in [3.8, 4) is 0 Å².